The minimum Gasteiger partial charge on any atom is -0.369 e. The fraction of sp³-hybridized carbons (Fsp3) is 0.500. The molecule has 1 aromatic carbocycles. The van der Waals surface area contributed by atoms with Crippen molar-refractivity contribution >= 4 is 5.69 Å². The maximum absolute atomic E-state index is 2.41. The summed E-state index contributed by atoms with van der Waals surface area (Å²) in [5, 5.41) is 0. The summed E-state index contributed by atoms with van der Waals surface area (Å²) < 4.78 is 0. The average Bonchev–Trinajstić information content (AvgIpc) is 2.09. The Hall–Kier alpha value is -0.980. The second-order valence-corrected chi connectivity index (χ2v) is 3.67. The lowest BCUT2D eigenvalue weighted by Crippen LogP contribution is -2.30. The van der Waals surface area contributed by atoms with Crippen LogP contribution >= 0.6 is 0 Å². The minimum absolute atomic E-state index is 0.575. The molecule has 0 saturated carbocycles. The second kappa shape index (κ2) is 4.31. The number of hydrogen-bond acceptors (Lipinski definition) is 1. The van der Waals surface area contributed by atoms with E-state index in [-0.39, 0.29) is 0 Å². The van der Waals surface area contributed by atoms with E-state index in [0.29, 0.717) is 6.04 Å². The molecule has 0 bridgehead atoms. The summed E-state index contributed by atoms with van der Waals surface area (Å²) in [6.45, 7) is 9.90. The summed E-state index contributed by atoms with van der Waals surface area (Å²) in [5.41, 5.74) is 2.72. The first-order chi connectivity index (χ1) is 6.16. The molecule has 0 aromatic heterocycles. The Morgan fingerprint density at radius 1 is 1.23 bits per heavy atom. The van der Waals surface area contributed by atoms with Crippen LogP contribution in [0.15, 0.2) is 24.3 Å². The second-order valence-electron chi connectivity index (χ2n) is 3.67. The van der Waals surface area contributed by atoms with E-state index >= 15 is 0 Å². The third-order valence-electron chi connectivity index (χ3n) is 2.39. The molecule has 0 spiro atoms. The molecule has 0 aliphatic heterocycles. The minimum atomic E-state index is 0.575. The van der Waals surface area contributed by atoms with Crippen LogP contribution in [0.3, 0.4) is 0 Å². The van der Waals surface area contributed by atoms with Gasteiger partial charge in [-0.2, -0.15) is 0 Å². The maximum Gasteiger partial charge on any atom is 0.0398 e. The van der Waals surface area contributed by atoms with Crippen molar-refractivity contribution in [2.24, 2.45) is 0 Å². The Morgan fingerprint density at radius 3 is 2.31 bits per heavy atom. The van der Waals surface area contributed by atoms with Crippen LogP contribution in [-0.2, 0) is 0 Å². The number of nitrogens with zero attached hydrogens (tertiary/aromatic N) is 1. The van der Waals surface area contributed by atoms with E-state index in [4.69, 9.17) is 0 Å². The summed E-state index contributed by atoms with van der Waals surface area (Å²) in [7, 11) is 0. The van der Waals surface area contributed by atoms with Gasteiger partial charge < -0.3 is 4.90 Å². The molecular formula is C12H19N. The molecule has 0 unspecified atom stereocenters. The van der Waals surface area contributed by atoms with Crippen molar-refractivity contribution in [2.75, 3.05) is 11.4 Å². The van der Waals surface area contributed by atoms with Crippen molar-refractivity contribution in [2.45, 2.75) is 33.7 Å². The van der Waals surface area contributed by atoms with Crippen LogP contribution in [-0.4, -0.2) is 12.6 Å². The molecule has 0 heterocycles. The zero-order valence-corrected chi connectivity index (χ0v) is 9.04. The molecule has 0 aliphatic carbocycles. The number of benzene rings is 1. The quantitative estimate of drug-likeness (QED) is 0.685. The fourth-order valence-electron chi connectivity index (χ4n) is 1.70. The van der Waals surface area contributed by atoms with E-state index in [1.807, 2.05) is 0 Å². The van der Waals surface area contributed by atoms with E-state index in [9.17, 15) is 0 Å². The van der Waals surface area contributed by atoms with E-state index in [0.717, 1.165) is 6.54 Å². The van der Waals surface area contributed by atoms with Crippen LogP contribution in [0, 0.1) is 6.92 Å². The lowest BCUT2D eigenvalue weighted by molar-refractivity contribution is 0.702. The Morgan fingerprint density at radius 2 is 1.85 bits per heavy atom. The Balaban J connectivity index is 2.97. The van der Waals surface area contributed by atoms with Gasteiger partial charge in [0.25, 0.3) is 0 Å². The van der Waals surface area contributed by atoms with Crippen molar-refractivity contribution < 1.29 is 0 Å². The van der Waals surface area contributed by atoms with Gasteiger partial charge in [-0.15, -0.1) is 0 Å². The van der Waals surface area contributed by atoms with Crippen LogP contribution in [0.25, 0.3) is 0 Å². The molecule has 0 fully saturated rings. The summed E-state index contributed by atoms with van der Waals surface area (Å²) in [4.78, 5) is 2.41. The first kappa shape index (κ1) is 10.1. The van der Waals surface area contributed by atoms with E-state index in [1.165, 1.54) is 11.3 Å². The highest BCUT2D eigenvalue weighted by atomic mass is 15.1. The van der Waals surface area contributed by atoms with Gasteiger partial charge in [0.2, 0.25) is 0 Å². The molecule has 0 N–H and O–H groups in total. The summed E-state index contributed by atoms with van der Waals surface area (Å²) in [6, 6.07) is 9.13. The van der Waals surface area contributed by atoms with Gasteiger partial charge in [-0.3, -0.25) is 0 Å². The van der Waals surface area contributed by atoms with Crippen LogP contribution in [0.5, 0.6) is 0 Å². The highest BCUT2D eigenvalue weighted by Gasteiger charge is 2.09. The van der Waals surface area contributed by atoms with Gasteiger partial charge in [-0.25, -0.2) is 0 Å². The molecule has 1 heteroatoms. The summed E-state index contributed by atoms with van der Waals surface area (Å²) in [5.74, 6) is 0. The molecule has 0 atom stereocenters. The highest BCUT2D eigenvalue weighted by Crippen LogP contribution is 2.20. The predicted octanol–water partition coefficient (Wildman–Crippen LogP) is 3.23. The van der Waals surface area contributed by atoms with Crippen LogP contribution < -0.4 is 4.90 Å². The Bertz CT molecular complexity index is 266. The fourth-order valence-corrected chi connectivity index (χ4v) is 1.70. The van der Waals surface area contributed by atoms with Crippen molar-refractivity contribution in [3.8, 4) is 0 Å². The molecular weight excluding hydrogens is 158 g/mol. The van der Waals surface area contributed by atoms with E-state index in [1.54, 1.807) is 0 Å². The Kier molecular flexibility index (Phi) is 3.35. The van der Waals surface area contributed by atoms with Gasteiger partial charge in [-0.1, -0.05) is 18.2 Å². The number of rotatable bonds is 3. The van der Waals surface area contributed by atoms with Gasteiger partial charge in [0, 0.05) is 18.3 Å². The molecule has 0 radical (unpaired) electrons. The zero-order chi connectivity index (χ0) is 9.84. The topological polar surface area (TPSA) is 3.24 Å². The summed E-state index contributed by atoms with van der Waals surface area (Å²) in [6.07, 6.45) is 0. The lowest BCUT2D eigenvalue weighted by atomic mass is 10.1. The largest absolute Gasteiger partial charge is 0.369 e. The number of aryl methyl sites for hydroxylation is 1. The highest BCUT2D eigenvalue weighted by molar-refractivity contribution is 5.53. The molecule has 0 saturated heterocycles. The SMILES string of the molecule is CCN(c1ccccc1C)C(C)C. The molecule has 13 heavy (non-hydrogen) atoms. The molecule has 1 aromatic rings. The van der Waals surface area contributed by atoms with E-state index in [2.05, 4.69) is 56.9 Å². The molecule has 1 nitrogen and oxygen atoms in total. The normalized spacial score (nSPS) is 10.5. The van der Waals surface area contributed by atoms with Gasteiger partial charge >= 0.3 is 0 Å². The number of hydrogen-bond donors (Lipinski definition) is 0. The average molecular weight is 177 g/mol. The smallest absolute Gasteiger partial charge is 0.0398 e. The lowest BCUT2D eigenvalue weighted by Gasteiger charge is -2.28. The van der Waals surface area contributed by atoms with Gasteiger partial charge in [0.05, 0.1) is 0 Å². The van der Waals surface area contributed by atoms with Crippen LogP contribution in [0.2, 0.25) is 0 Å². The number of anilines is 1. The third-order valence-corrected chi connectivity index (χ3v) is 2.39. The first-order valence-corrected chi connectivity index (χ1v) is 4.99. The van der Waals surface area contributed by atoms with E-state index < -0.39 is 0 Å². The standard InChI is InChI=1S/C12H19N/c1-5-13(10(2)3)12-9-7-6-8-11(12)4/h6-10H,5H2,1-4H3. The zero-order valence-electron chi connectivity index (χ0n) is 9.04. The number of para-hydroxylation sites is 1. The van der Waals surface area contributed by atoms with Crippen molar-refractivity contribution in [1.82, 2.24) is 0 Å². The first-order valence-electron chi connectivity index (χ1n) is 4.99. The maximum atomic E-state index is 2.41. The molecule has 1 rings (SSSR count). The molecule has 0 amide bonds. The summed E-state index contributed by atoms with van der Waals surface area (Å²) >= 11 is 0. The monoisotopic (exact) mass is 177 g/mol. The van der Waals surface area contributed by atoms with Gasteiger partial charge in [0.15, 0.2) is 0 Å². The Labute approximate surface area is 81.4 Å². The third kappa shape index (κ3) is 2.24. The van der Waals surface area contributed by atoms with Crippen LogP contribution in [0.4, 0.5) is 5.69 Å². The van der Waals surface area contributed by atoms with Crippen molar-refractivity contribution in [3.05, 3.63) is 29.8 Å². The van der Waals surface area contributed by atoms with Crippen molar-refractivity contribution in [3.63, 3.8) is 0 Å². The van der Waals surface area contributed by atoms with Crippen LogP contribution in [0.1, 0.15) is 26.3 Å². The van der Waals surface area contributed by atoms with Gasteiger partial charge in [-0.05, 0) is 39.3 Å². The van der Waals surface area contributed by atoms with Crippen molar-refractivity contribution in [1.29, 1.82) is 0 Å². The molecule has 72 valence electrons. The molecule has 0 aliphatic rings. The van der Waals surface area contributed by atoms with Gasteiger partial charge in [0.1, 0.15) is 0 Å². The predicted molar refractivity (Wildman–Crippen MR) is 59.3 cm³/mol.